The highest BCUT2D eigenvalue weighted by atomic mass is 79.9. The third-order valence-corrected chi connectivity index (χ3v) is 6.09. The summed E-state index contributed by atoms with van der Waals surface area (Å²) < 4.78 is 1.03. The van der Waals surface area contributed by atoms with Crippen LogP contribution in [0.4, 0.5) is 5.82 Å². The topological polar surface area (TPSA) is 37.8 Å². The summed E-state index contributed by atoms with van der Waals surface area (Å²) in [5.41, 5.74) is 3.85. The molecule has 4 aromatic rings. The SMILES string of the molecule is Cc1ccccc1-c1csc([C@@H](C)Nc2nncc3ccc(Br)cc23)c1. The highest BCUT2D eigenvalue weighted by molar-refractivity contribution is 9.10. The largest absolute Gasteiger partial charge is 0.361 e. The van der Waals surface area contributed by atoms with E-state index in [1.807, 2.05) is 12.1 Å². The van der Waals surface area contributed by atoms with Crippen molar-refractivity contribution < 1.29 is 0 Å². The second kappa shape index (κ2) is 7.17. The van der Waals surface area contributed by atoms with Gasteiger partial charge < -0.3 is 5.32 Å². The lowest BCUT2D eigenvalue weighted by Crippen LogP contribution is -2.07. The van der Waals surface area contributed by atoms with E-state index in [1.165, 1.54) is 21.6 Å². The first-order valence-corrected chi connectivity index (χ1v) is 10.1. The van der Waals surface area contributed by atoms with Gasteiger partial charge in [0.05, 0.1) is 12.2 Å². The van der Waals surface area contributed by atoms with Crippen LogP contribution >= 0.6 is 27.3 Å². The van der Waals surface area contributed by atoms with Crippen LogP contribution in [-0.2, 0) is 0 Å². The van der Waals surface area contributed by atoms with Crippen LogP contribution in [0.15, 0.2) is 64.6 Å². The zero-order valence-corrected chi connectivity index (χ0v) is 16.9. The van der Waals surface area contributed by atoms with Gasteiger partial charge in [-0.25, -0.2) is 0 Å². The molecule has 0 saturated carbocycles. The summed E-state index contributed by atoms with van der Waals surface area (Å²) in [6.45, 7) is 4.31. The molecule has 0 amide bonds. The van der Waals surface area contributed by atoms with Crippen molar-refractivity contribution in [3.63, 3.8) is 0 Å². The minimum atomic E-state index is 0.150. The second-order valence-corrected chi connectivity index (χ2v) is 8.20. The summed E-state index contributed by atoms with van der Waals surface area (Å²) in [5.74, 6) is 0.808. The number of benzene rings is 2. The van der Waals surface area contributed by atoms with Crippen LogP contribution in [0.25, 0.3) is 21.9 Å². The zero-order valence-electron chi connectivity index (χ0n) is 14.5. The highest BCUT2D eigenvalue weighted by Crippen LogP contribution is 2.33. The first kappa shape index (κ1) is 17.2. The smallest absolute Gasteiger partial charge is 0.157 e. The first-order valence-electron chi connectivity index (χ1n) is 8.44. The average molecular weight is 424 g/mol. The Labute approximate surface area is 165 Å². The normalized spacial score (nSPS) is 12.3. The first-order chi connectivity index (χ1) is 12.6. The number of thiophene rings is 1. The van der Waals surface area contributed by atoms with Gasteiger partial charge >= 0.3 is 0 Å². The van der Waals surface area contributed by atoms with Crippen LogP contribution in [0.3, 0.4) is 0 Å². The molecule has 1 atom stereocenters. The van der Waals surface area contributed by atoms with E-state index in [1.54, 1.807) is 17.5 Å². The summed E-state index contributed by atoms with van der Waals surface area (Å²) in [7, 11) is 0. The van der Waals surface area contributed by atoms with Crippen molar-refractivity contribution in [1.82, 2.24) is 10.2 Å². The summed E-state index contributed by atoms with van der Waals surface area (Å²) in [6.07, 6.45) is 1.79. The van der Waals surface area contributed by atoms with Crippen LogP contribution in [0, 0.1) is 6.92 Å². The van der Waals surface area contributed by atoms with Crippen molar-refractivity contribution in [2.75, 3.05) is 5.32 Å². The zero-order chi connectivity index (χ0) is 18.1. The van der Waals surface area contributed by atoms with Gasteiger partial charge in [0, 0.05) is 20.1 Å². The van der Waals surface area contributed by atoms with E-state index >= 15 is 0 Å². The van der Waals surface area contributed by atoms with E-state index in [-0.39, 0.29) is 6.04 Å². The lowest BCUT2D eigenvalue weighted by molar-refractivity contribution is 0.885. The molecule has 0 spiro atoms. The van der Waals surface area contributed by atoms with Gasteiger partial charge in [0.25, 0.3) is 0 Å². The van der Waals surface area contributed by atoms with Gasteiger partial charge in [-0.3, -0.25) is 0 Å². The Kier molecular flexibility index (Phi) is 4.74. The standard InChI is InChI=1S/C21H18BrN3S/c1-13-5-3-4-6-18(13)16-9-20(26-12-16)14(2)24-21-19-10-17(22)8-7-15(19)11-23-25-21/h3-12,14H,1-2H3,(H,24,25)/t14-/m1/s1. The van der Waals surface area contributed by atoms with Crippen LogP contribution in [0.2, 0.25) is 0 Å². The van der Waals surface area contributed by atoms with Crippen molar-refractivity contribution in [3.05, 3.63) is 75.0 Å². The molecule has 0 radical (unpaired) electrons. The molecule has 1 N–H and O–H groups in total. The molecule has 2 heterocycles. The lowest BCUT2D eigenvalue weighted by atomic mass is 10.0. The quantitative estimate of drug-likeness (QED) is 0.401. The van der Waals surface area contributed by atoms with Gasteiger partial charge in [-0.2, -0.15) is 5.10 Å². The Morgan fingerprint density at radius 2 is 1.96 bits per heavy atom. The fourth-order valence-electron chi connectivity index (χ4n) is 3.05. The third kappa shape index (κ3) is 3.37. The number of halogens is 1. The maximum Gasteiger partial charge on any atom is 0.157 e. The Hall–Kier alpha value is -2.24. The molecule has 0 aliphatic carbocycles. The number of aromatic nitrogens is 2. The van der Waals surface area contributed by atoms with Crippen molar-refractivity contribution in [2.45, 2.75) is 19.9 Å². The molecule has 130 valence electrons. The number of hydrogen-bond acceptors (Lipinski definition) is 4. The van der Waals surface area contributed by atoms with Gasteiger partial charge in [-0.05, 0) is 54.1 Å². The summed E-state index contributed by atoms with van der Waals surface area (Å²) in [6, 6.07) is 17.0. The number of nitrogens with zero attached hydrogens (tertiary/aromatic N) is 2. The molecule has 2 aromatic heterocycles. The Morgan fingerprint density at radius 1 is 1.12 bits per heavy atom. The van der Waals surface area contributed by atoms with E-state index < -0.39 is 0 Å². The van der Waals surface area contributed by atoms with E-state index in [0.29, 0.717) is 0 Å². The number of fused-ring (bicyclic) bond motifs is 1. The minimum absolute atomic E-state index is 0.150. The molecule has 3 nitrogen and oxygen atoms in total. The van der Waals surface area contributed by atoms with Crippen LogP contribution in [0.5, 0.6) is 0 Å². The molecular weight excluding hydrogens is 406 g/mol. The molecule has 0 fully saturated rings. The molecule has 0 aliphatic rings. The van der Waals surface area contributed by atoms with Crippen LogP contribution in [-0.4, -0.2) is 10.2 Å². The van der Waals surface area contributed by atoms with Gasteiger partial charge in [0.2, 0.25) is 0 Å². The molecule has 2 aromatic carbocycles. The maximum atomic E-state index is 4.32. The van der Waals surface area contributed by atoms with Crippen LogP contribution in [0.1, 0.15) is 23.4 Å². The minimum Gasteiger partial charge on any atom is -0.361 e. The van der Waals surface area contributed by atoms with Gasteiger partial charge in [-0.1, -0.05) is 46.3 Å². The molecule has 4 rings (SSSR count). The summed E-state index contributed by atoms with van der Waals surface area (Å²) >= 11 is 5.31. The van der Waals surface area contributed by atoms with Crippen LogP contribution < -0.4 is 5.32 Å². The predicted octanol–water partition coefficient (Wildman–Crippen LogP) is 6.60. The molecule has 0 aliphatic heterocycles. The predicted molar refractivity (Wildman–Crippen MR) is 114 cm³/mol. The number of nitrogens with one attached hydrogen (secondary N) is 1. The molecule has 0 saturated heterocycles. The molecule has 5 heteroatoms. The lowest BCUT2D eigenvalue weighted by Gasteiger charge is -2.14. The summed E-state index contributed by atoms with van der Waals surface area (Å²) in [4.78, 5) is 1.28. The Morgan fingerprint density at radius 3 is 2.81 bits per heavy atom. The van der Waals surface area contributed by atoms with Crippen molar-refractivity contribution in [1.29, 1.82) is 0 Å². The van der Waals surface area contributed by atoms with E-state index in [9.17, 15) is 0 Å². The molecule has 26 heavy (non-hydrogen) atoms. The van der Waals surface area contributed by atoms with Crippen molar-refractivity contribution >= 4 is 43.9 Å². The third-order valence-electron chi connectivity index (χ3n) is 4.48. The number of anilines is 1. The fourth-order valence-corrected chi connectivity index (χ4v) is 4.33. The average Bonchev–Trinajstić information content (AvgIpc) is 3.12. The maximum absolute atomic E-state index is 4.32. The van der Waals surface area contributed by atoms with E-state index in [4.69, 9.17) is 0 Å². The van der Waals surface area contributed by atoms with E-state index in [2.05, 4.69) is 87.1 Å². The van der Waals surface area contributed by atoms with Crippen molar-refractivity contribution in [2.24, 2.45) is 0 Å². The highest BCUT2D eigenvalue weighted by Gasteiger charge is 2.13. The summed E-state index contributed by atoms with van der Waals surface area (Å²) in [5, 5.41) is 16.3. The Balaban J connectivity index is 1.63. The Bertz CT molecular complexity index is 1070. The number of rotatable bonds is 4. The molecule has 0 bridgehead atoms. The van der Waals surface area contributed by atoms with Gasteiger partial charge in [0.15, 0.2) is 5.82 Å². The van der Waals surface area contributed by atoms with Crippen molar-refractivity contribution in [3.8, 4) is 11.1 Å². The number of hydrogen-bond donors (Lipinski definition) is 1. The second-order valence-electron chi connectivity index (χ2n) is 6.34. The molecule has 0 unspecified atom stereocenters. The number of aryl methyl sites for hydroxylation is 1. The molecular formula is C21H18BrN3S. The van der Waals surface area contributed by atoms with E-state index in [0.717, 1.165) is 21.1 Å². The fraction of sp³-hybridized carbons (Fsp3) is 0.143. The monoisotopic (exact) mass is 423 g/mol. The van der Waals surface area contributed by atoms with Gasteiger partial charge in [0.1, 0.15) is 0 Å². The van der Waals surface area contributed by atoms with Gasteiger partial charge in [-0.15, -0.1) is 16.4 Å².